The number of likely N-dealkylation sites (tertiary alicyclic amines) is 1. The molecule has 0 bridgehead atoms. The number of nitrogens with one attached hydrogen (secondary N) is 1. The number of aliphatic hydroxyl groups excluding tert-OH is 1. The van der Waals surface area contributed by atoms with Crippen molar-refractivity contribution in [2.75, 3.05) is 19.7 Å². The summed E-state index contributed by atoms with van der Waals surface area (Å²) in [5.74, 6) is -0.502. The van der Waals surface area contributed by atoms with E-state index in [1.807, 2.05) is 0 Å². The number of benzene rings is 1. The van der Waals surface area contributed by atoms with Crippen LogP contribution >= 0.6 is 11.6 Å². The van der Waals surface area contributed by atoms with E-state index >= 15 is 0 Å². The van der Waals surface area contributed by atoms with Crippen molar-refractivity contribution < 1.29 is 14.7 Å². The smallest absolute Gasteiger partial charge is 0.251 e. The van der Waals surface area contributed by atoms with Crippen LogP contribution in [0.4, 0.5) is 0 Å². The van der Waals surface area contributed by atoms with Gasteiger partial charge in [-0.15, -0.1) is 0 Å². The van der Waals surface area contributed by atoms with Crippen LogP contribution in [-0.2, 0) is 4.79 Å². The SMILES string of the molecule is O=C(NCC(=O)N1CCC[C@H]1CO)c1cccc(Cl)c1. The Hall–Kier alpha value is -1.59. The first-order valence-electron chi connectivity index (χ1n) is 6.56. The molecule has 0 radical (unpaired) electrons. The van der Waals surface area contributed by atoms with Gasteiger partial charge in [0.15, 0.2) is 0 Å². The van der Waals surface area contributed by atoms with E-state index < -0.39 is 0 Å². The van der Waals surface area contributed by atoms with E-state index in [1.165, 1.54) is 0 Å². The minimum absolute atomic E-state index is 0.0338. The molecule has 1 aliphatic heterocycles. The summed E-state index contributed by atoms with van der Waals surface area (Å²) in [7, 11) is 0. The summed E-state index contributed by atoms with van der Waals surface area (Å²) < 4.78 is 0. The summed E-state index contributed by atoms with van der Waals surface area (Å²) in [6, 6.07) is 6.43. The Morgan fingerprint density at radius 1 is 1.45 bits per heavy atom. The van der Waals surface area contributed by atoms with Gasteiger partial charge in [0, 0.05) is 17.1 Å². The fourth-order valence-corrected chi connectivity index (χ4v) is 2.53. The number of carbonyl (C=O) groups is 2. The van der Waals surface area contributed by atoms with E-state index in [0.29, 0.717) is 17.1 Å². The molecule has 20 heavy (non-hydrogen) atoms. The van der Waals surface area contributed by atoms with Crippen LogP contribution in [0, 0.1) is 0 Å². The molecule has 0 aromatic heterocycles. The zero-order valence-electron chi connectivity index (χ0n) is 11.0. The number of halogens is 1. The predicted octanol–water partition coefficient (Wildman–Crippen LogP) is 1.05. The van der Waals surface area contributed by atoms with Crippen LogP contribution in [0.3, 0.4) is 0 Å². The summed E-state index contributed by atoms with van der Waals surface area (Å²) in [6.07, 6.45) is 1.70. The molecule has 1 heterocycles. The molecule has 0 aliphatic carbocycles. The Bertz CT molecular complexity index is 507. The van der Waals surface area contributed by atoms with Crippen LogP contribution < -0.4 is 5.32 Å². The average Bonchev–Trinajstić information content (AvgIpc) is 2.92. The molecule has 1 fully saturated rings. The molecule has 0 saturated carbocycles. The van der Waals surface area contributed by atoms with Crippen molar-refractivity contribution in [2.45, 2.75) is 18.9 Å². The third-order valence-electron chi connectivity index (χ3n) is 3.40. The lowest BCUT2D eigenvalue weighted by atomic mass is 10.2. The quantitative estimate of drug-likeness (QED) is 0.873. The summed E-state index contributed by atoms with van der Waals surface area (Å²) >= 11 is 5.81. The van der Waals surface area contributed by atoms with E-state index in [1.54, 1.807) is 29.2 Å². The lowest BCUT2D eigenvalue weighted by molar-refractivity contribution is -0.131. The van der Waals surface area contributed by atoms with Crippen LogP contribution in [0.2, 0.25) is 5.02 Å². The van der Waals surface area contributed by atoms with Gasteiger partial charge in [-0.1, -0.05) is 17.7 Å². The molecule has 2 rings (SSSR count). The molecule has 6 heteroatoms. The van der Waals surface area contributed by atoms with Gasteiger partial charge in [-0.2, -0.15) is 0 Å². The Labute approximate surface area is 122 Å². The molecule has 1 aliphatic rings. The lowest BCUT2D eigenvalue weighted by Crippen LogP contribution is -2.43. The number of nitrogens with zero attached hydrogens (tertiary/aromatic N) is 1. The van der Waals surface area contributed by atoms with Crippen LogP contribution in [0.15, 0.2) is 24.3 Å². The maximum absolute atomic E-state index is 12.0. The van der Waals surface area contributed by atoms with Crippen molar-refractivity contribution in [3.05, 3.63) is 34.9 Å². The Kier molecular flexibility index (Phi) is 4.98. The summed E-state index contributed by atoms with van der Waals surface area (Å²) in [5, 5.41) is 12.2. The Morgan fingerprint density at radius 3 is 2.95 bits per heavy atom. The molecule has 0 unspecified atom stereocenters. The van der Waals surface area contributed by atoms with E-state index in [9.17, 15) is 14.7 Å². The Balaban J connectivity index is 1.88. The van der Waals surface area contributed by atoms with Gasteiger partial charge < -0.3 is 15.3 Å². The van der Waals surface area contributed by atoms with Crippen molar-refractivity contribution in [2.24, 2.45) is 0 Å². The van der Waals surface area contributed by atoms with Gasteiger partial charge in [0.25, 0.3) is 5.91 Å². The summed E-state index contributed by atoms with van der Waals surface area (Å²) in [5.41, 5.74) is 0.422. The molecule has 1 atom stereocenters. The molecule has 1 aromatic rings. The molecular formula is C14H17ClN2O3. The van der Waals surface area contributed by atoms with Crippen molar-refractivity contribution >= 4 is 23.4 Å². The Morgan fingerprint density at radius 2 is 2.25 bits per heavy atom. The first-order valence-corrected chi connectivity index (χ1v) is 6.93. The highest BCUT2D eigenvalue weighted by Crippen LogP contribution is 2.16. The second-order valence-electron chi connectivity index (χ2n) is 4.76. The minimum Gasteiger partial charge on any atom is -0.394 e. The van der Waals surface area contributed by atoms with Crippen LogP contribution in [0.1, 0.15) is 23.2 Å². The van der Waals surface area contributed by atoms with E-state index in [0.717, 1.165) is 12.8 Å². The average molecular weight is 297 g/mol. The van der Waals surface area contributed by atoms with Gasteiger partial charge in [-0.05, 0) is 31.0 Å². The summed E-state index contributed by atoms with van der Waals surface area (Å²) in [6.45, 7) is 0.535. The maximum atomic E-state index is 12.0. The summed E-state index contributed by atoms with van der Waals surface area (Å²) in [4.78, 5) is 25.5. The first kappa shape index (κ1) is 14.8. The highest BCUT2D eigenvalue weighted by molar-refractivity contribution is 6.30. The van der Waals surface area contributed by atoms with Crippen molar-refractivity contribution in [3.63, 3.8) is 0 Å². The molecule has 1 saturated heterocycles. The number of rotatable bonds is 4. The van der Waals surface area contributed by atoms with Gasteiger partial charge >= 0.3 is 0 Å². The van der Waals surface area contributed by atoms with Gasteiger partial charge in [-0.25, -0.2) is 0 Å². The lowest BCUT2D eigenvalue weighted by Gasteiger charge is -2.23. The van der Waals surface area contributed by atoms with Crippen LogP contribution in [0.5, 0.6) is 0 Å². The third kappa shape index (κ3) is 3.49. The normalized spacial score (nSPS) is 18.1. The minimum atomic E-state index is -0.333. The van der Waals surface area contributed by atoms with Crippen LogP contribution in [-0.4, -0.2) is 47.6 Å². The molecule has 1 aromatic carbocycles. The van der Waals surface area contributed by atoms with Gasteiger partial charge in [0.2, 0.25) is 5.91 Å². The van der Waals surface area contributed by atoms with Gasteiger partial charge in [0.1, 0.15) is 0 Å². The molecule has 2 N–H and O–H groups in total. The second kappa shape index (κ2) is 6.72. The van der Waals surface area contributed by atoms with E-state index in [-0.39, 0.29) is 31.0 Å². The number of hydrogen-bond acceptors (Lipinski definition) is 3. The van der Waals surface area contributed by atoms with Gasteiger partial charge in [-0.3, -0.25) is 9.59 Å². The van der Waals surface area contributed by atoms with E-state index in [4.69, 9.17) is 11.6 Å². The number of hydrogen-bond donors (Lipinski definition) is 2. The maximum Gasteiger partial charge on any atom is 0.251 e. The third-order valence-corrected chi connectivity index (χ3v) is 3.63. The van der Waals surface area contributed by atoms with Crippen molar-refractivity contribution in [3.8, 4) is 0 Å². The molecular weight excluding hydrogens is 280 g/mol. The number of amides is 2. The number of aliphatic hydroxyl groups is 1. The fraction of sp³-hybridized carbons (Fsp3) is 0.429. The largest absolute Gasteiger partial charge is 0.394 e. The molecule has 108 valence electrons. The molecule has 2 amide bonds. The zero-order valence-corrected chi connectivity index (χ0v) is 11.8. The predicted molar refractivity (Wildman–Crippen MR) is 75.6 cm³/mol. The highest BCUT2D eigenvalue weighted by atomic mass is 35.5. The van der Waals surface area contributed by atoms with E-state index in [2.05, 4.69) is 5.32 Å². The zero-order chi connectivity index (χ0) is 14.5. The monoisotopic (exact) mass is 296 g/mol. The van der Waals surface area contributed by atoms with Gasteiger partial charge in [0.05, 0.1) is 19.2 Å². The van der Waals surface area contributed by atoms with Crippen molar-refractivity contribution in [1.82, 2.24) is 10.2 Å². The molecule has 5 nitrogen and oxygen atoms in total. The standard InChI is InChI=1S/C14H17ClN2O3/c15-11-4-1-3-10(7-11)14(20)16-8-13(19)17-6-2-5-12(17)9-18/h1,3-4,7,12,18H,2,5-6,8-9H2,(H,16,20)/t12-/m0/s1. The molecule has 0 spiro atoms. The first-order chi connectivity index (χ1) is 9.61. The second-order valence-corrected chi connectivity index (χ2v) is 5.20. The van der Waals surface area contributed by atoms with Crippen LogP contribution in [0.25, 0.3) is 0 Å². The topological polar surface area (TPSA) is 69.6 Å². The van der Waals surface area contributed by atoms with Crippen molar-refractivity contribution in [1.29, 1.82) is 0 Å². The number of carbonyl (C=O) groups excluding carboxylic acids is 2. The fourth-order valence-electron chi connectivity index (χ4n) is 2.34. The highest BCUT2D eigenvalue weighted by Gasteiger charge is 2.27.